The summed E-state index contributed by atoms with van der Waals surface area (Å²) in [4.78, 5) is 19.3. The van der Waals surface area contributed by atoms with Crippen molar-refractivity contribution in [3.05, 3.63) is 59.7 Å². The molecule has 0 unspecified atom stereocenters. The summed E-state index contributed by atoms with van der Waals surface area (Å²) < 4.78 is 0. The highest BCUT2D eigenvalue weighted by molar-refractivity contribution is 6.28. The molecule has 2 aromatic rings. The summed E-state index contributed by atoms with van der Waals surface area (Å²) in [6, 6.07) is 15.3. The third-order valence-electron chi connectivity index (χ3n) is 4.39. The van der Waals surface area contributed by atoms with Crippen molar-refractivity contribution >= 4 is 23.0 Å². The number of anilines is 1. The number of aliphatic imine (C=N–C) groups is 1. The molecule has 2 aromatic carbocycles. The van der Waals surface area contributed by atoms with Gasteiger partial charge in [0.05, 0.1) is 5.69 Å². The zero-order valence-corrected chi connectivity index (χ0v) is 12.3. The number of ketones is 1. The van der Waals surface area contributed by atoms with Crippen LogP contribution < -0.4 is 4.90 Å². The molecule has 2 aliphatic heterocycles. The van der Waals surface area contributed by atoms with Crippen LogP contribution >= 0.6 is 0 Å². The number of amidine groups is 1. The van der Waals surface area contributed by atoms with Crippen molar-refractivity contribution < 1.29 is 9.90 Å². The Labute approximate surface area is 128 Å². The first-order chi connectivity index (χ1) is 10.6. The quantitative estimate of drug-likeness (QED) is 0.879. The van der Waals surface area contributed by atoms with Crippen LogP contribution in [0.1, 0.15) is 22.3 Å². The third kappa shape index (κ3) is 1.74. The molecule has 0 radical (unpaired) electrons. The number of benzene rings is 2. The summed E-state index contributed by atoms with van der Waals surface area (Å²) in [6.45, 7) is 2.55. The summed E-state index contributed by atoms with van der Waals surface area (Å²) in [5.74, 6) is 0.202. The summed E-state index contributed by atoms with van der Waals surface area (Å²) >= 11 is 0. The Morgan fingerprint density at radius 1 is 1.18 bits per heavy atom. The van der Waals surface area contributed by atoms with Gasteiger partial charge < -0.3 is 10.0 Å². The first-order valence-electron chi connectivity index (χ1n) is 7.39. The Hall–Kier alpha value is -2.46. The number of hydrogen-bond donors (Lipinski definition) is 1. The minimum absolute atomic E-state index is 0.245. The molecule has 0 aromatic heterocycles. The first kappa shape index (κ1) is 13.2. The van der Waals surface area contributed by atoms with Crippen LogP contribution in [-0.2, 0) is 0 Å². The standard InChI is InChI=1S/C18H16N2O2/c1-12-7-8-14-15(11-12)19-17-18(22,16(14)21)9-10-20(17)13-5-3-2-4-6-13/h2-8,11,22H,9-10H2,1H3/t18-/m1/s1. The normalized spacial score (nSPS) is 23.1. The summed E-state index contributed by atoms with van der Waals surface area (Å²) in [6.07, 6.45) is 0.368. The van der Waals surface area contributed by atoms with E-state index in [0.29, 0.717) is 30.1 Å². The number of para-hydroxylation sites is 1. The lowest BCUT2D eigenvalue weighted by atomic mass is 9.87. The van der Waals surface area contributed by atoms with Crippen LogP contribution in [0.15, 0.2) is 53.5 Å². The fourth-order valence-electron chi connectivity index (χ4n) is 3.20. The number of hydrogen-bond acceptors (Lipinski definition) is 4. The van der Waals surface area contributed by atoms with Gasteiger partial charge in [-0.2, -0.15) is 0 Å². The van der Waals surface area contributed by atoms with Gasteiger partial charge in [0, 0.05) is 24.2 Å². The van der Waals surface area contributed by atoms with E-state index in [1.165, 1.54) is 0 Å². The fraction of sp³-hybridized carbons (Fsp3) is 0.222. The number of rotatable bonds is 1. The molecule has 0 amide bonds. The molecule has 2 heterocycles. The van der Waals surface area contributed by atoms with Crippen molar-refractivity contribution in [2.75, 3.05) is 11.4 Å². The van der Waals surface area contributed by atoms with E-state index >= 15 is 0 Å². The molecule has 4 heteroatoms. The highest BCUT2D eigenvalue weighted by Crippen LogP contribution is 2.39. The average molecular weight is 292 g/mol. The average Bonchev–Trinajstić information content (AvgIpc) is 2.87. The van der Waals surface area contributed by atoms with E-state index in [0.717, 1.165) is 11.3 Å². The largest absolute Gasteiger partial charge is 0.374 e. The highest BCUT2D eigenvalue weighted by Gasteiger charge is 2.52. The second-order valence-corrected chi connectivity index (χ2v) is 5.88. The minimum Gasteiger partial charge on any atom is -0.374 e. The van der Waals surface area contributed by atoms with E-state index in [1.807, 2.05) is 54.3 Å². The van der Waals surface area contributed by atoms with Gasteiger partial charge in [0.1, 0.15) is 5.84 Å². The maximum Gasteiger partial charge on any atom is 0.204 e. The van der Waals surface area contributed by atoms with Gasteiger partial charge in [0.25, 0.3) is 0 Å². The van der Waals surface area contributed by atoms with Crippen LogP contribution in [0.25, 0.3) is 0 Å². The maximum atomic E-state index is 12.8. The van der Waals surface area contributed by atoms with E-state index in [2.05, 4.69) is 4.99 Å². The smallest absolute Gasteiger partial charge is 0.204 e. The molecule has 4 nitrogen and oxygen atoms in total. The van der Waals surface area contributed by atoms with E-state index < -0.39 is 5.60 Å². The van der Waals surface area contributed by atoms with Crippen LogP contribution in [0, 0.1) is 6.92 Å². The molecule has 1 N–H and O–H groups in total. The van der Waals surface area contributed by atoms with Gasteiger partial charge in [0.2, 0.25) is 5.78 Å². The Morgan fingerprint density at radius 2 is 1.95 bits per heavy atom. The third-order valence-corrected chi connectivity index (χ3v) is 4.39. The zero-order valence-electron chi connectivity index (χ0n) is 12.3. The van der Waals surface area contributed by atoms with E-state index in [1.54, 1.807) is 6.07 Å². The SMILES string of the molecule is Cc1ccc2c(c1)N=C1N(c3ccccc3)CC[C@@]1(O)C2=O. The van der Waals surface area contributed by atoms with Crippen molar-refractivity contribution in [2.45, 2.75) is 18.9 Å². The van der Waals surface area contributed by atoms with Crippen LogP contribution in [0.4, 0.5) is 11.4 Å². The molecule has 0 saturated carbocycles. The fourth-order valence-corrected chi connectivity index (χ4v) is 3.20. The van der Waals surface area contributed by atoms with Crippen LogP contribution in [0.5, 0.6) is 0 Å². The molecule has 2 aliphatic rings. The monoisotopic (exact) mass is 292 g/mol. The number of aliphatic hydroxyl groups is 1. The van der Waals surface area contributed by atoms with Crippen LogP contribution in [0.2, 0.25) is 0 Å². The number of fused-ring (bicyclic) bond motifs is 2. The predicted molar refractivity (Wildman–Crippen MR) is 86.0 cm³/mol. The second-order valence-electron chi connectivity index (χ2n) is 5.88. The summed E-state index contributed by atoms with van der Waals surface area (Å²) in [5.41, 5.74) is 1.64. The van der Waals surface area contributed by atoms with Crippen molar-refractivity contribution in [3.63, 3.8) is 0 Å². The first-order valence-corrected chi connectivity index (χ1v) is 7.39. The van der Waals surface area contributed by atoms with Gasteiger partial charge >= 0.3 is 0 Å². The minimum atomic E-state index is -1.50. The predicted octanol–water partition coefficient (Wildman–Crippen LogP) is 2.86. The Morgan fingerprint density at radius 3 is 2.73 bits per heavy atom. The molecular formula is C18H16N2O2. The number of nitrogens with zero attached hydrogens (tertiary/aromatic N) is 2. The molecule has 4 rings (SSSR count). The Balaban J connectivity index is 1.89. The lowest BCUT2D eigenvalue weighted by Crippen LogP contribution is -2.48. The number of Topliss-reactive ketones (excluding diaryl/α,β-unsaturated/α-hetero) is 1. The topological polar surface area (TPSA) is 52.9 Å². The van der Waals surface area contributed by atoms with Crippen LogP contribution in [0.3, 0.4) is 0 Å². The Kier molecular flexibility index (Phi) is 2.71. The zero-order chi connectivity index (χ0) is 15.3. The van der Waals surface area contributed by atoms with E-state index in [9.17, 15) is 9.90 Å². The summed E-state index contributed by atoms with van der Waals surface area (Å²) in [7, 11) is 0. The maximum absolute atomic E-state index is 12.8. The van der Waals surface area contributed by atoms with Crippen molar-refractivity contribution in [1.29, 1.82) is 0 Å². The molecule has 1 atom stereocenters. The molecule has 0 aliphatic carbocycles. The number of carbonyl (C=O) groups excluding carboxylic acids is 1. The Bertz CT molecular complexity index is 798. The van der Waals surface area contributed by atoms with Crippen molar-refractivity contribution in [2.24, 2.45) is 4.99 Å². The van der Waals surface area contributed by atoms with Gasteiger partial charge in [-0.3, -0.25) is 4.79 Å². The molecular weight excluding hydrogens is 276 g/mol. The van der Waals surface area contributed by atoms with Crippen molar-refractivity contribution in [3.8, 4) is 0 Å². The van der Waals surface area contributed by atoms with Crippen LogP contribution in [-0.4, -0.2) is 28.9 Å². The molecule has 110 valence electrons. The van der Waals surface area contributed by atoms with Gasteiger partial charge in [-0.1, -0.05) is 24.3 Å². The highest BCUT2D eigenvalue weighted by atomic mass is 16.3. The van der Waals surface area contributed by atoms with Gasteiger partial charge in [-0.25, -0.2) is 4.99 Å². The van der Waals surface area contributed by atoms with E-state index in [-0.39, 0.29) is 5.78 Å². The lowest BCUT2D eigenvalue weighted by molar-refractivity contribution is 0.0602. The number of aryl methyl sites for hydroxylation is 1. The molecule has 1 fully saturated rings. The summed E-state index contributed by atoms with van der Waals surface area (Å²) in [5, 5.41) is 10.9. The molecule has 0 bridgehead atoms. The molecule has 22 heavy (non-hydrogen) atoms. The second kappa shape index (κ2) is 4.52. The molecule has 1 saturated heterocycles. The molecule has 0 spiro atoms. The van der Waals surface area contributed by atoms with Gasteiger partial charge in [-0.05, 0) is 36.8 Å². The van der Waals surface area contributed by atoms with Gasteiger partial charge in [0.15, 0.2) is 5.60 Å². The van der Waals surface area contributed by atoms with E-state index in [4.69, 9.17) is 0 Å². The van der Waals surface area contributed by atoms with Gasteiger partial charge in [-0.15, -0.1) is 0 Å². The lowest BCUT2D eigenvalue weighted by Gasteiger charge is -2.29. The number of carbonyl (C=O) groups is 1. The van der Waals surface area contributed by atoms with Crippen molar-refractivity contribution in [1.82, 2.24) is 0 Å².